The van der Waals surface area contributed by atoms with Gasteiger partial charge in [0.15, 0.2) is 0 Å². The van der Waals surface area contributed by atoms with Gasteiger partial charge in [-0.25, -0.2) is 14.0 Å². The SMILES string of the molecule is Cc1nn(C)c(=O)n1C(F)F. The Morgan fingerprint density at radius 2 is 2.09 bits per heavy atom. The van der Waals surface area contributed by atoms with E-state index in [-0.39, 0.29) is 5.82 Å². The first-order valence-corrected chi connectivity index (χ1v) is 2.94. The molecule has 0 radical (unpaired) electrons. The van der Waals surface area contributed by atoms with E-state index >= 15 is 0 Å². The predicted molar refractivity (Wildman–Crippen MR) is 33.5 cm³/mol. The average Bonchev–Trinajstić information content (AvgIpc) is 2.07. The summed E-state index contributed by atoms with van der Waals surface area (Å²) in [5, 5.41) is 3.52. The Kier molecular flexibility index (Phi) is 1.76. The molecular formula is C5H7F2N3O. The molecule has 0 aliphatic carbocycles. The predicted octanol–water partition coefficient (Wildman–Crippen LogP) is 0.285. The van der Waals surface area contributed by atoms with E-state index in [1.54, 1.807) is 0 Å². The van der Waals surface area contributed by atoms with Crippen LogP contribution in [0, 0.1) is 6.92 Å². The summed E-state index contributed by atoms with van der Waals surface area (Å²) in [5.74, 6) is 0.0208. The zero-order valence-corrected chi connectivity index (χ0v) is 6.08. The molecule has 0 amide bonds. The molecule has 0 spiro atoms. The van der Waals surface area contributed by atoms with Crippen molar-refractivity contribution >= 4 is 0 Å². The van der Waals surface area contributed by atoms with Crippen LogP contribution in [0.15, 0.2) is 4.79 Å². The highest BCUT2D eigenvalue weighted by Gasteiger charge is 2.14. The lowest BCUT2D eigenvalue weighted by Crippen LogP contribution is -2.23. The normalized spacial score (nSPS) is 11.0. The van der Waals surface area contributed by atoms with Gasteiger partial charge in [-0.2, -0.15) is 13.9 Å². The van der Waals surface area contributed by atoms with Crippen LogP contribution in [0.1, 0.15) is 12.4 Å². The lowest BCUT2D eigenvalue weighted by molar-refractivity contribution is 0.0638. The van der Waals surface area contributed by atoms with Crippen LogP contribution < -0.4 is 5.69 Å². The first kappa shape index (κ1) is 7.90. The molecule has 1 aromatic heterocycles. The van der Waals surface area contributed by atoms with Crippen LogP contribution >= 0.6 is 0 Å². The molecule has 0 aromatic carbocycles. The van der Waals surface area contributed by atoms with Gasteiger partial charge in [-0.15, -0.1) is 0 Å². The molecule has 0 saturated carbocycles. The highest BCUT2D eigenvalue weighted by molar-refractivity contribution is 4.82. The van der Waals surface area contributed by atoms with Crippen LogP contribution in [0.4, 0.5) is 8.78 Å². The van der Waals surface area contributed by atoms with Crippen molar-refractivity contribution < 1.29 is 8.78 Å². The molecule has 0 unspecified atom stereocenters. The minimum Gasteiger partial charge on any atom is -0.246 e. The Bertz CT molecular complexity index is 314. The Labute approximate surface area is 61.1 Å². The van der Waals surface area contributed by atoms with E-state index in [0.717, 1.165) is 4.68 Å². The molecule has 0 aliphatic rings. The second-order valence-electron chi connectivity index (χ2n) is 2.10. The summed E-state index contributed by atoms with van der Waals surface area (Å²) in [6.45, 7) is -1.45. The molecule has 1 heterocycles. The van der Waals surface area contributed by atoms with Crippen molar-refractivity contribution in [1.82, 2.24) is 14.3 Å². The van der Waals surface area contributed by atoms with Gasteiger partial charge in [0.2, 0.25) is 0 Å². The Balaban J connectivity index is 3.35. The fraction of sp³-hybridized carbons (Fsp3) is 0.600. The Morgan fingerprint density at radius 1 is 1.55 bits per heavy atom. The summed E-state index contributed by atoms with van der Waals surface area (Å²) < 4.78 is 25.2. The topological polar surface area (TPSA) is 39.8 Å². The minimum atomic E-state index is -2.81. The molecule has 6 heteroatoms. The van der Waals surface area contributed by atoms with Crippen molar-refractivity contribution in [2.75, 3.05) is 0 Å². The summed E-state index contributed by atoms with van der Waals surface area (Å²) in [5.41, 5.74) is -0.794. The smallest absolute Gasteiger partial charge is 0.246 e. The van der Waals surface area contributed by atoms with Crippen molar-refractivity contribution in [3.63, 3.8) is 0 Å². The Morgan fingerprint density at radius 3 is 2.27 bits per heavy atom. The maximum absolute atomic E-state index is 12.0. The first-order chi connectivity index (χ1) is 5.04. The summed E-state index contributed by atoms with van der Waals surface area (Å²) in [6, 6.07) is 0. The van der Waals surface area contributed by atoms with Crippen molar-refractivity contribution in [3.05, 3.63) is 16.3 Å². The number of nitrogens with zero attached hydrogens (tertiary/aromatic N) is 3. The molecular weight excluding hydrogens is 156 g/mol. The lowest BCUT2D eigenvalue weighted by atomic mass is 10.7. The monoisotopic (exact) mass is 163 g/mol. The Hall–Kier alpha value is -1.20. The number of halogens is 2. The summed E-state index contributed by atoms with van der Waals surface area (Å²) >= 11 is 0. The number of aromatic nitrogens is 3. The molecule has 0 bridgehead atoms. The van der Waals surface area contributed by atoms with Gasteiger partial charge in [-0.3, -0.25) is 0 Å². The first-order valence-electron chi connectivity index (χ1n) is 2.94. The fourth-order valence-corrected chi connectivity index (χ4v) is 0.827. The minimum absolute atomic E-state index is 0.0208. The van der Waals surface area contributed by atoms with Crippen LogP contribution in [-0.2, 0) is 7.05 Å². The molecule has 4 nitrogen and oxygen atoms in total. The molecule has 1 rings (SSSR count). The molecule has 0 fully saturated rings. The average molecular weight is 163 g/mol. The quantitative estimate of drug-likeness (QED) is 0.596. The lowest BCUT2D eigenvalue weighted by Gasteiger charge is -1.97. The standard InChI is InChI=1S/C5H7F2N3O/c1-3-8-9(2)5(11)10(3)4(6)7/h4H,1-2H3. The van der Waals surface area contributed by atoms with Gasteiger partial charge >= 0.3 is 12.2 Å². The molecule has 1 aromatic rings. The number of hydrogen-bond acceptors (Lipinski definition) is 2. The zero-order valence-electron chi connectivity index (χ0n) is 6.08. The van der Waals surface area contributed by atoms with Gasteiger partial charge in [0.1, 0.15) is 5.82 Å². The highest BCUT2D eigenvalue weighted by Crippen LogP contribution is 2.07. The molecule has 62 valence electrons. The zero-order chi connectivity index (χ0) is 8.59. The number of alkyl halides is 2. The van der Waals surface area contributed by atoms with Crippen molar-refractivity contribution in [2.24, 2.45) is 7.05 Å². The van der Waals surface area contributed by atoms with Gasteiger partial charge < -0.3 is 0 Å². The van der Waals surface area contributed by atoms with E-state index in [1.165, 1.54) is 14.0 Å². The van der Waals surface area contributed by atoms with E-state index in [2.05, 4.69) is 5.10 Å². The van der Waals surface area contributed by atoms with E-state index in [1.807, 2.05) is 0 Å². The summed E-state index contributed by atoms with van der Waals surface area (Å²) in [4.78, 5) is 10.8. The molecule has 0 atom stereocenters. The van der Waals surface area contributed by atoms with Crippen molar-refractivity contribution in [1.29, 1.82) is 0 Å². The third kappa shape index (κ3) is 1.15. The van der Waals surface area contributed by atoms with Crippen LogP contribution in [0.3, 0.4) is 0 Å². The number of hydrogen-bond donors (Lipinski definition) is 0. The number of aryl methyl sites for hydroxylation is 2. The molecule has 0 aliphatic heterocycles. The molecule has 11 heavy (non-hydrogen) atoms. The highest BCUT2D eigenvalue weighted by atomic mass is 19.3. The van der Waals surface area contributed by atoms with Gasteiger partial charge in [0.25, 0.3) is 0 Å². The van der Waals surface area contributed by atoms with Crippen LogP contribution in [0.25, 0.3) is 0 Å². The second kappa shape index (κ2) is 2.44. The maximum atomic E-state index is 12.0. The maximum Gasteiger partial charge on any atom is 0.350 e. The third-order valence-electron chi connectivity index (χ3n) is 1.32. The third-order valence-corrected chi connectivity index (χ3v) is 1.32. The van der Waals surface area contributed by atoms with Crippen LogP contribution in [0.5, 0.6) is 0 Å². The molecule has 0 saturated heterocycles. The van der Waals surface area contributed by atoms with E-state index in [4.69, 9.17) is 0 Å². The largest absolute Gasteiger partial charge is 0.350 e. The van der Waals surface area contributed by atoms with Crippen molar-refractivity contribution in [2.45, 2.75) is 13.5 Å². The number of rotatable bonds is 1. The second-order valence-corrected chi connectivity index (χ2v) is 2.10. The van der Waals surface area contributed by atoms with Gasteiger partial charge in [-0.1, -0.05) is 0 Å². The van der Waals surface area contributed by atoms with Gasteiger partial charge in [0.05, 0.1) is 0 Å². The fourth-order valence-electron chi connectivity index (χ4n) is 0.827. The summed E-state index contributed by atoms with van der Waals surface area (Å²) in [7, 11) is 1.33. The summed E-state index contributed by atoms with van der Waals surface area (Å²) in [6.07, 6.45) is 0. The van der Waals surface area contributed by atoms with Gasteiger partial charge in [0, 0.05) is 7.05 Å². The van der Waals surface area contributed by atoms with E-state index in [0.29, 0.717) is 4.57 Å². The molecule has 0 N–H and O–H groups in total. The van der Waals surface area contributed by atoms with E-state index < -0.39 is 12.2 Å². The van der Waals surface area contributed by atoms with Gasteiger partial charge in [-0.05, 0) is 6.92 Å². The van der Waals surface area contributed by atoms with Crippen molar-refractivity contribution in [3.8, 4) is 0 Å². The van der Waals surface area contributed by atoms with Crippen LogP contribution in [-0.4, -0.2) is 14.3 Å². The van der Waals surface area contributed by atoms with E-state index in [9.17, 15) is 13.6 Å². The van der Waals surface area contributed by atoms with Crippen LogP contribution in [0.2, 0.25) is 0 Å².